The van der Waals surface area contributed by atoms with Crippen LogP contribution in [0.1, 0.15) is 24.4 Å². The van der Waals surface area contributed by atoms with Gasteiger partial charge in [-0.1, -0.05) is 18.2 Å². The number of halogens is 1. The van der Waals surface area contributed by atoms with Crippen LogP contribution in [-0.2, 0) is 0 Å². The zero-order valence-corrected chi connectivity index (χ0v) is 12.7. The summed E-state index contributed by atoms with van der Waals surface area (Å²) < 4.78 is 13.4. The van der Waals surface area contributed by atoms with Gasteiger partial charge >= 0.3 is 0 Å². The lowest BCUT2D eigenvalue weighted by Gasteiger charge is -2.30. The maximum Gasteiger partial charge on any atom is 0.162 e. The zero-order chi connectivity index (χ0) is 15.6. The number of rotatable bonds is 3. The molecule has 2 heterocycles. The highest BCUT2D eigenvalue weighted by molar-refractivity contribution is 5.83. The quantitative estimate of drug-likeness (QED) is 0.807. The number of fused-ring (bicyclic) bond motifs is 1. The lowest BCUT2D eigenvalue weighted by molar-refractivity contribution is 0.261. The molecular weight excluding hydrogens is 293 g/mol. The van der Waals surface area contributed by atoms with Crippen molar-refractivity contribution in [1.29, 1.82) is 0 Å². The Morgan fingerprint density at radius 1 is 1.17 bits per heavy atom. The van der Waals surface area contributed by atoms with Gasteiger partial charge in [0, 0.05) is 6.54 Å². The molecule has 1 N–H and O–H groups in total. The van der Waals surface area contributed by atoms with E-state index in [1.54, 1.807) is 10.9 Å². The molecule has 1 fully saturated rings. The molecule has 1 aliphatic rings. The van der Waals surface area contributed by atoms with Gasteiger partial charge in [0.25, 0.3) is 0 Å². The Kier molecular flexibility index (Phi) is 3.75. The van der Waals surface area contributed by atoms with Crippen LogP contribution in [-0.4, -0.2) is 33.3 Å². The lowest BCUT2D eigenvalue weighted by atomic mass is 9.87. The number of piperidine rings is 1. The molecule has 0 unspecified atom stereocenters. The second-order valence-corrected chi connectivity index (χ2v) is 6.06. The summed E-state index contributed by atoms with van der Waals surface area (Å²) in [6.07, 6.45) is 3.75. The van der Waals surface area contributed by atoms with Crippen molar-refractivity contribution in [1.82, 2.24) is 25.5 Å². The summed E-state index contributed by atoms with van der Waals surface area (Å²) in [5.74, 6) is 0.201. The molecule has 0 aliphatic carbocycles. The highest BCUT2D eigenvalue weighted by Gasteiger charge is 2.28. The third kappa shape index (κ3) is 2.82. The first-order valence-corrected chi connectivity index (χ1v) is 7.94. The predicted octanol–water partition coefficient (Wildman–Crippen LogP) is 2.55. The second kappa shape index (κ2) is 6.04. The Morgan fingerprint density at radius 3 is 2.83 bits per heavy atom. The molecule has 2 atom stereocenters. The molecule has 4 rings (SSSR count). The minimum Gasteiger partial charge on any atom is -0.316 e. The predicted molar refractivity (Wildman–Crippen MR) is 85.5 cm³/mol. The van der Waals surface area contributed by atoms with Crippen molar-refractivity contribution in [2.45, 2.75) is 18.9 Å². The summed E-state index contributed by atoms with van der Waals surface area (Å²) in [4.78, 5) is 1.70. The van der Waals surface area contributed by atoms with Gasteiger partial charge in [-0.05, 0) is 65.1 Å². The smallest absolute Gasteiger partial charge is 0.162 e. The average Bonchev–Trinajstić information content (AvgIpc) is 3.10. The Bertz CT molecular complexity index is 796. The second-order valence-electron chi connectivity index (χ2n) is 6.06. The third-order valence-corrected chi connectivity index (χ3v) is 4.56. The summed E-state index contributed by atoms with van der Waals surface area (Å²) >= 11 is 0. The minimum atomic E-state index is -0.212. The first kappa shape index (κ1) is 14.3. The van der Waals surface area contributed by atoms with E-state index in [1.165, 1.54) is 12.4 Å². The number of hydrogen-bond donors (Lipinski definition) is 1. The van der Waals surface area contributed by atoms with Gasteiger partial charge in [0.15, 0.2) is 6.33 Å². The van der Waals surface area contributed by atoms with E-state index >= 15 is 0 Å². The van der Waals surface area contributed by atoms with Crippen LogP contribution in [0, 0.1) is 11.7 Å². The van der Waals surface area contributed by atoms with Gasteiger partial charge in [0.05, 0.1) is 0 Å². The molecule has 23 heavy (non-hydrogen) atoms. The molecule has 0 amide bonds. The summed E-state index contributed by atoms with van der Waals surface area (Å²) in [5.41, 5.74) is 1.14. The molecule has 0 spiro atoms. The fourth-order valence-corrected chi connectivity index (χ4v) is 3.46. The first-order valence-electron chi connectivity index (χ1n) is 7.94. The van der Waals surface area contributed by atoms with Crippen molar-refractivity contribution in [3.63, 3.8) is 0 Å². The van der Waals surface area contributed by atoms with E-state index in [1.807, 2.05) is 18.2 Å². The van der Waals surface area contributed by atoms with Gasteiger partial charge in [0.1, 0.15) is 11.9 Å². The molecule has 118 valence electrons. The number of nitrogens with one attached hydrogen (secondary N) is 1. The fourth-order valence-electron chi connectivity index (χ4n) is 3.46. The molecular formula is C17H18FN5. The van der Waals surface area contributed by atoms with E-state index in [2.05, 4.69) is 26.8 Å². The van der Waals surface area contributed by atoms with Crippen molar-refractivity contribution in [2.75, 3.05) is 13.1 Å². The highest BCUT2D eigenvalue weighted by Crippen LogP contribution is 2.31. The molecule has 0 radical (unpaired) electrons. The van der Waals surface area contributed by atoms with E-state index in [4.69, 9.17) is 0 Å². The Balaban J connectivity index is 1.77. The van der Waals surface area contributed by atoms with Crippen molar-refractivity contribution in [3.05, 3.63) is 54.1 Å². The molecule has 2 aromatic carbocycles. The third-order valence-electron chi connectivity index (χ3n) is 4.56. The van der Waals surface area contributed by atoms with Gasteiger partial charge < -0.3 is 5.32 Å². The van der Waals surface area contributed by atoms with Crippen LogP contribution < -0.4 is 5.32 Å². The van der Waals surface area contributed by atoms with E-state index in [-0.39, 0.29) is 11.9 Å². The van der Waals surface area contributed by atoms with Crippen molar-refractivity contribution in [3.8, 4) is 0 Å². The molecule has 6 heteroatoms. The van der Waals surface area contributed by atoms with Crippen molar-refractivity contribution < 1.29 is 4.39 Å². The van der Waals surface area contributed by atoms with Gasteiger partial charge in [-0.3, -0.25) is 0 Å². The van der Waals surface area contributed by atoms with Crippen molar-refractivity contribution in [2.24, 2.45) is 5.92 Å². The van der Waals surface area contributed by atoms with Crippen LogP contribution in [0.4, 0.5) is 4.39 Å². The maximum absolute atomic E-state index is 13.4. The largest absolute Gasteiger partial charge is 0.316 e. The van der Waals surface area contributed by atoms with E-state index in [9.17, 15) is 4.39 Å². The van der Waals surface area contributed by atoms with E-state index in [0.717, 1.165) is 42.3 Å². The van der Waals surface area contributed by atoms with Crippen LogP contribution >= 0.6 is 0 Å². The highest BCUT2D eigenvalue weighted by atomic mass is 19.1. The van der Waals surface area contributed by atoms with Crippen LogP contribution in [0.5, 0.6) is 0 Å². The normalized spacial score (nSPS) is 19.8. The molecule has 1 saturated heterocycles. The van der Waals surface area contributed by atoms with Gasteiger partial charge in [-0.25, -0.2) is 4.39 Å². The number of nitrogens with zero attached hydrogens (tertiary/aromatic N) is 4. The monoisotopic (exact) mass is 311 g/mol. The van der Waals surface area contributed by atoms with Crippen LogP contribution in [0.2, 0.25) is 0 Å². The summed E-state index contributed by atoms with van der Waals surface area (Å²) in [5, 5.41) is 17.7. The molecule has 5 nitrogen and oxygen atoms in total. The summed E-state index contributed by atoms with van der Waals surface area (Å²) in [7, 11) is 0. The number of benzene rings is 2. The number of tetrazole rings is 1. The fraction of sp³-hybridized carbons (Fsp3) is 0.353. The summed E-state index contributed by atoms with van der Waals surface area (Å²) in [6, 6.07) is 11.0. The molecule has 0 saturated carbocycles. The summed E-state index contributed by atoms with van der Waals surface area (Å²) in [6.45, 7) is 2.00. The minimum absolute atomic E-state index is 0.0414. The van der Waals surface area contributed by atoms with Gasteiger partial charge in [-0.15, -0.1) is 10.2 Å². The Morgan fingerprint density at radius 2 is 2.04 bits per heavy atom. The molecule has 0 bridgehead atoms. The molecule has 1 aromatic heterocycles. The standard InChI is InChI=1S/C17H18FN5/c18-16-6-5-12-8-14(4-3-13(12)9-16)17(23-21-11-20-22-23)15-2-1-7-19-10-15/h3-6,8-9,11,15,17,19H,1-2,7,10H2/t15-,17+/m0/s1. The average molecular weight is 311 g/mol. The number of aromatic nitrogens is 4. The lowest BCUT2D eigenvalue weighted by Crippen LogP contribution is -2.36. The molecule has 1 aliphatic heterocycles. The Hall–Kier alpha value is -2.34. The molecule has 3 aromatic rings. The topological polar surface area (TPSA) is 55.6 Å². The van der Waals surface area contributed by atoms with Crippen LogP contribution in [0.25, 0.3) is 10.8 Å². The number of hydrogen-bond acceptors (Lipinski definition) is 4. The van der Waals surface area contributed by atoms with E-state index < -0.39 is 0 Å². The van der Waals surface area contributed by atoms with Gasteiger partial charge in [-0.2, -0.15) is 4.80 Å². The van der Waals surface area contributed by atoms with Crippen molar-refractivity contribution >= 4 is 10.8 Å². The zero-order valence-electron chi connectivity index (χ0n) is 12.7. The first-order chi connectivity index (χ1) is 11.3. The van der Waals surface area contributed by atoms with Crippen LogP contribution in [0.15, 0.2) is 42.7 Å². The van der Waals surface area contributed by atoms with Gasteiger partial charge in [0.2, 0.25) is 0 Å². The van der Waals surface area contributed by atoms with E-state index in [0.29, 0.717) is 5.92 Å². The Labute approximate surface area is 133 Å². The maximum atomic E-state index is 13.4. The van der Waals surface area contributed by atoms with Crippen LogP contribution in [0.3, 0.4) is 0 Å². The SMILES string of the molecule is Fc1ccc2cc([C@H]([C@H]3CCCNC3)n3ncnn3)ccc2c1.